The monoisotopic (exact) mass is 353 g/mol. The molecule has 112 valence electrons. The van der Waals surface area contributed by atoms with Gasteiger partial charge in [0, 0.05) is 10.6 Å². The summed E-state index contributed by atoms with van der Waals surface area (Å²) in [5.41, 5.74) is 2.36. The molecule has 0 amide bonds. The molecule has 0 saturated heterocycles. The zero-order chi connectivity index (χ0) is 15.7. The Kier molecular flexibility index (Phi) is 4.41. The largest absolute Gasteiger partial charge is 0.391 e. The van der Waals surface area contributed by atoms with Crippen molar-refractivity contribution >= 4 is 34.8 Å². The molecule has 2 aromatic carbocycles. The van der Waals surface area contributed by atoms with E-state index in [0.717, 1.165) is 5.56 Å². The fourth-order valence-electron chi connectivity index (χ4n) is 2.20. The highest BCUT2D eigenvalue weighted by molar-refractivity contribution is 6.39. The average molecular weight is 355 g/mol. The molecule has 0 aliphatic rings. The number of hydrogen-bond donors (Lipinski definition) is 1. The second kappa shape index (κ2) is 6.31. The first-order valence-electron chi connectivity index (χ1n) is 6.41. The molecule has 0 unspecified atom stereocenters. The zero-order valence-electron chi connectivity index (χ0n) is 11.2. The van der Waals surface area contributed by atoms with Crippen LogP contribution in [0.3, 0.4) is 0 Å². The van der Waals surface area contributed by atoms with Crippen LogP contribution < -0.4 is 0 Å². The second-order valence-corrected chi connectivity index (χ2v) is 5.85. The Morgan fingerprint density at radius 2 is 1.59 bits per heavy atom. The van der Waals surface area contributed by atoms with Gasteiger partial charge >= 0.3 is 0 Å². The fourth-order valence-corrected chi connectivity index (χ4v) is 2.90. The van der Waals surface area contributed by atoms with E-state index in [9.17, 15) is 5.11 Å². The summed E-state index contributed by atoms with van der Waals surface area (Å²) >= 11 is 18.3. The molecule has 3 nitrogen and oxygen atoms in total. The van der Waals surface area contributed by atoms with Gasteiger partial charge in [-0.3, -0.25) is 0 Å². The Hall–Kier alpha value is -1.52. The molecular weight excluding hydrogens is 345 g/mol. The van der Waals surface area contributed by atoms with Gasteiger partial charge in [-0.15, -0.1) is 0 Å². The molecule has 0 saturated carbocycles. The SMILES string of the molecule is OCc1c(-c2ccc(Cl)cc2)noc1-c1c(Cl)cccc1Cl. The number of aliphatic hydroxyl groups is 1. The van der Waals surface area contributed by atoms with E-state index in [1.165, 1.54) is 0 Å². The standard InChI is InChI=1S/C16H10Cl3NO2/c17-10-6-4-9(5-7-10)15-11(8-21)16(22-20-15)14-12(18)2-1-3-13(14)19/h1-7,21H,8H2. The van der Waals surface area contributed by atoms with Crippen molar-refractivity contribution in [1.29, 1.82) is 0 Å². The highest BCUT2D eigenvalue weighted by atomic mass is 35.5. The van der Waals surface area contributed by atoms with Crippen molar-refractivity contribution < 1.29 is 9.63 Å². The van der Waals surface area contributed by atoms with Gasteiger partial charge in [0.05, 0.1) is 27.8 Å². The summed E-state index contributed by atoms with van der Waals surface area (Å²) in [6, 6.07) is 12.2. The summed E-state index contributed by atoms with van der Waals surface area (Å²) in [5.74, 6) is 0.364. The minimum atomic E-state index is -0.252. The molecule has 0 bridgehead atoms. The maximum atomic E-state index is 9.73. The maximum absolute atomic E-state index is 9.73. The first-order valence-corrected chi connectivity index (χ1v) is 7.55. The third kappa shape index (κ3) is 2.73. The molecule has 0 aliphatic heterocycles. The second-order valence-electron chi connectivity index (χ2n) is 4.60. The Morgan fingerprint density at radius 1 is 0.955 bits per heavy atom. The number of halogens is 3. The lowest BCUT2D eigenvalue weighted by Crippen LogP contribution is -1.90. The topological polar surface area (TPSA) is 46.3 Å². The van der Waals surface area contributed by atoms with Crippen molar-refractivity contribution in [1.82, 2.24) is 5.16 Å². The molecule has 0 atom stereocenters. The predicted molar refractivity (Wildman–Crippen MR) is 88.3 cm³/mol. The van der Waals surface area contributed by atoms with E-state index in [1.54, 1.807) is 42.5 Å². The van der Waals surface area contributed by atoms with Crippen LogP contribution in [0.5, 0.6) is 0 Å². The van der Waals surface area contributed by atoms with Gasteiger partial charge in [-0.2, -0.15) is 0 Å². The molecule has 1 N–H and O–H groups in total. The van der Waals surface area contributed by atoms with Gasteiger partial charge in [-0.25, -0.2) is 0 Å². The van der Waals surface area contributed by atoms with Crippen molar-refractivity contribution in [3.8, 4) is 22.6 Å². The van der Waals surface area contributed by atoms with Gasteiger partial charge in [-0.1, -0.05) is 58.2 Å². The van der Waals surface area contributed by atoms with Crippen LogP contribution in [-0.2, 0) is 6.61 Å². The lowest BCUT2D eigenvalue weighted by Gasteiger charge is -2.05. The Morgan fingerprint density at radius 3 is 2.18 bits per heavy atom. The quantitative estimate of drug-likeness (QED) is 0.679. The van der Waals surface area contributed by atoms with Gasteiger partial charge in [-0.05, 0) is 24.3 Å². The van der Waals surface area contributed by atoms with Crippen molar-refractivity contribution in [2.24, 2.45) is 0 Å². The molecule has 0 aliphatic carbocycles. The molecule has 1 aromatic heterocycles. The van der Waals surface area contributed by atoms with Gasteiger partial charge in [0.15, 0.2) is 5.76 Å². The molecule has 0 radical (unpaired) electrons. The van der Waals surface area contributed by atoms with Gasteiger partial charge < -0.3 is 9.63 Å². The smallest absolute Gasteiger partial charge is 0.176 e. The molecule has 6 heteroatoms. The van der Waals surface area contributed by atoms with Crippen LogP contribution in [0.25, 0.3) is 22.6 Å². The average Bonchev–Trinajstić information content (AvgIpc) is 2.91. The van der Waals surface area contributed by atoms with Crippen LogP contribution in [0.2, 0.25) is 15.1 Å². The normalized spacial score (nSPS) is 10.9. The van der Waals surface area contributed by atoms with E-state index >= 15 is 0 Å². The molecule has 22 heavy (non-hydrogen) atoms. The lowest BCUT2D eigenvalue weighted by atomic mass is 10.0. The number of rotatable bonds is 3. The van der Waals surface area contributed by atoms with Crippen LogP contribution in [-0.4, -0.2) is 10.3 Å². The molecular formula is C16H10Cl3NO2. The van der Waals surface area contributed by atoms with E-state index in [1.807, 2.05) is 0 Å². The summed E-state index contributed by atoms with van der Waals surface area (Å²) in [5, 5.41) is 15.3. The minimum Gasteiger partial charge on any atom is -0.391 e. The number of hydrogen-bond acceptors (Lipinski definition) is 3. The van der Waals surface area contributed by atoms with Crippen LogP contribution in [0.15, 0.2) is 47.0 Å². The molecule has 3 rings (SSSR count). The van der Waals surface area contributed by atoms with Crippen LogP contribution in [0.4, 0.5) is 0 Å². The minimum absolute atomic E-state index is 0.252. The van der Waals surface area contributed by atoms with E-state index in [0.29, 0.717) is 37.6 Å². The Labute approximate surface area is 142 Å². The van der Waals surface area contributed by atoms with E-state index in [2.05, 4.69) is 5.16 Å². The van der Waals surface area contributed by atoms with E-state index in [-0.39, 0.29) is 6.61 Å². The third-order valence-corrected chi connectivity index (χ3v) is 4.14. The molecule has 1 heterocycles. The Bertz CT molecular complexity index is 793. The molecule has 0 spiro atoms. The van der Waals surface area contributed by atoms with Gasteiger partial charge in [0.25, 0.3) is 0 Å². The number of aliphatic hydroxyl groups excluding tert-OH is 1. The first kappa shape index (κ1) is 15.4. The van der Waals surface area contributed by atoms with Gasteiger partial charge in [0.2, 0.25) is 0 Å². The summed E-state index contributed by atoms with van der Waals surface area (Å²) in [7, 11) is 0. The highest BCUT2D eigenvalue weighted by Gasteiger charge is 2.22. The van der Waals surface area contributed by atoms with E-state index < -0.39 is 0 Å². The number of aromatic nitrogens is 1. The predicted octanol–water partition coefficient (Wildman–Crippen LogP) is 5.46. The number of benzene rings is 2. The number of nitrogens with zero attached hydrogens (tertiary/aromatic N) is 1. The van der Waals surface area contributed by atoms with Crippen molar-refractivity contribution in [3.63, 3.8) is 0 Å². The van der Waals surface area contributed by atoms with Crippen molar-refractivity contribution in [3.05, 3.63) is 63.1 Å². The molecule has 0 fully saturated rings. The van der Waals surface area contributed by atoms with Crippen LogP contribution >= 0.6 is 34.8 Å². The maximum Gasteiger partial charge on any atom is 0.176 e. The summed E-state index contributed by atoms with van der Waals surface area (Å²) in [6.07, 6.45) is 0. The molecule has 3 aromatic rings. The highest BCUT2D eigenvalue weighted by Crippen LogP contribution is 2.39. The zero-order valence-corrected chi connectivity index (χ0v) is 13.5. The van der Waals surface area contributed by atoms with Crippen molar-refractivity contribution in [2.75, 3.05) is 0 Å². The van der Waals surface area contributed by atoms with Crippen LogP contribution in [0, 0.1) is 0 Å². The van der Waals surface area contributed by atoms with Gasteiger partial charge in [0.1, 0.15) is 5.69 Å². The third-order valence-electron chi connectivity index (χ3n) is 3.25. The fraction of sp³-hybridized carbons (Fsp3) is 0.0625. The summed E-state index contributed by atoms with van der Waals surface area (Å²) in [6.45, 7) is -0.252. The summed E-state index contributed by atoms with van der Waals surface area (Å²) in [4.78, 5) is 0. The van der Waals surface area contributed by atoms with Crippen LogP contribution in [0.1, 0.15) is 5.56 Å². The van der Waals surface area contributed by atoms with Crippen molar-refractivity contribution in [2.45, 2.75) is 6.61 Å². The Balaban J connectivity index is 2.18. The summed E-state index contributed by atoms with van der Waals surface area (Å²) < 4.78 is 5.41. The first-order chi connectivity index (χ1) is 10.6. The lowest BCUT2D eigenvalue weighted by molar-refractivity contribution is 0.281. The van der Waals surface area contributed by atoms with E-state index in [4.69, 9.17) is 39.3 Å².